The normalized spacial score (nSPS) is 11.3. The van der Waals surface area contributed by atoms with E-state index < -0.39 is 23.8 Å². The third kappa shape index (κ3) is 8.93. The largest absolute Gasteiger partial charge is 0.492 e. The number of nitrogens with two attached hydrogens (primary N) is 1. The number of amides is 2. The zero-order valence-electron chi connectivity index (χ0n) is 21.1. The summed E-state index contributed by atoms with van der Waals surface area (Å²) in [6.45, 7) is 1.06. The molecule has 0 bridgehead atoms. The number of carboxylic acid groups (broad SMARTS) is 1. The van der Waals surface area contributed by atoms with Crippen molar-refractivity contribution < 1.29 is 29.3 Å². The van der Waals surface area contributed by atoms with Gasteiger partial charge in [-0.15, -0.1) is 0 Å². The van der Waals surface area contributed by atoms with Gasteiger partial charge in [-0.05, 0) is 36.2 Å². The number of aromatic nitrogens is 4. The lowest BCUT2D eigenvalue weighted by Gasteiger charge is -2.15. The van der Waals surface area contributed by atoms with E-state index in [1.807, 2.05) is 0 Å². The summed E-state index contributed by atoms with van der Waals surface area (Å²) in [7, 11) is 0. The lowest BCUT2D eigenvalue weighted by molar-refractivity contribution is -0.139. The minimum Gasteiger partial charge on any atom is -0.492 e. The highest BCUT2D eigenvalue weighted by atomic mass is 16.5. The predicted molar refractivity (Wildman–Crippen MR) is 141 cm³/mol. The average Bonchev–Trinajstić information content (AvgIpc) is 2.93. The first-order chi connectivity index (χ1) is 19.3. The number of hydrogen-bond acceptors (Lipinski definition) is 12. The fraction of sp³-hybridized carbons (Fsp3) is 0.348. The van der Waals surface area contributed by atoms with E-state index in [9.17, 15) is 24.6 Å². The summed E-state index contributed by atoms with van der Waals surface area (Å²) in [5.41, 5.74) is 15.3. The van der Waals surface area contributed by atoms with Crippen molar-refractivity contribution in [1.82, 2.24) is 30.6 Å². The number of benzene rings is 1. The fourth-order valence-electron chi connectivity index (χ4n) is 3.34. The van der Waals surface area contributed by atoms with Gasteiger partial charge in [-0.1, -0.05) is 5.11 Å². The summed E-state index contributed by atoms with van der Waals surface area (Å²) in [4.78, 5) is 54.7. The summed E-state index contributed by atoms with van der Waals surface area (Å²) < 4.78 is 5.16. The third-order valence-electron chi connectivity index (χ3n) is 5.31. The van der Waals surface area contributed by atoms with Crippen LogP contribution < -0.4 is 21.7 Å². The summed E-state index contributed by atoms with van der Waals surface area (Å²) in [6.07, 6.45) is 1.25. The predicted octanol–water partition coefficient (Wildman–Crippen LogP) is 0.726. The van der Waals surface area contributed by atoms with E-state index in [0.717, 1.165) is 0 Å². The van der Waals surface area contributed by atoms with Crippen LogP contribution in [-0.4, -0.2) is 80.3 Å². The van der Waals surface area contributed by atoms with Crippen LogP contribution in [-0.2, 0) is 20.9 Å². The molecule has 2 heterocycles. The minimum atomic E-state index is -1.27. The standard InChI is InChI=1S/C23H27N11O6/c24-23-32-19-18(21(37)33-23)30-15(12-28-19)11-27-14-3-1-13(2-4-14)20(36)31-16(22(38)39)5-6-17(35)26-7-9-40-10-8-29-34-25/h1-4,12,16,27H,5-11H2,(H,26,35)(H,31,36)(H,38,39)(H3,24,28,32,33,37)/t16-/m0/s1. The number of nitrogens with one attached hydrogen (secondary N) is 3. The second kappa shape index (κ2) is 14.6. The smallest absolute Gasteiger partial charge is 0.326 e. The molecule has 0 aliphatic carbocycles. The lowest BCUT2D eigenvalue weighted by Crippen LogP contribution is -2.41. The molecule has 17 nitrogen and oxygen atoms in total. The van der Waals surface area contributed by atoms with Crippen LogP contribution in [0.5, 0.6) is 5.88 Å². The number of nitrogens with zero attached hydrogens (tertiary/aromatic N) is 7. The first-order valence-corrected chi connectivity index (χ1v) is 12.0. The van der Waals surface area contributed by atoms with Gasteiger partial charge in [0.25, 0.3) is 5.91 Å². The Balaban J connectivity index is 1.45. The highest BCUT2D eigenvalue weighted by Crippen LogP contribution is 2.19. The molecule has 40 heavy (non-hydrogen) atoms. The van der Waals surface area contributed by atoms with E-state index in [0.29, 0.717) is 11.4 Å². The second-order valence-electron chi connectivity index (χ2n) is 8.19. The summed E-state index contributed by atoms with van der Waals surface area (Å²) in [5, 5.41) is 30.8. The molecule has 0 aliphatic heterocycles. The topological polar surface area (TPSA) is 263 Å². The Morgan fingerprint density at radius 3 is 2.65 bits per heavy atom. The number of nitrogen functional groups attached to an aromatic ring is 1. The zero-order valence-corrected chi connectivity index (χ0v) is 21.1. The number of carboxylic acids is 1. The monoisotopic (exact) mass is 553 g/mol. The van der Waals surface area contributed by atoms with Crippen molar-refractivity contribution in [2.45, 2.75) is 25.4 Å². The molecule has 3 aromatic rings. The molecule has 0 spiro atoms. The molecular weight excluding hydrogens is 526 g/mol. The summed E-state index contributed by atoms with van der Waals surface area (Å²) >= 11 is 0. The van der Waals surface area contributed by atoms with Crippen LogP contribution >= 0.6 is 0 Å². The second-order valence-corrected chi connectivity index (χ2v) is 8.19. The summed E-state index contributed by atoms with van der Waals surface area (Å²) in [5.74, 6) is -2.76. The molecule has 7 N–H and O–H groups in total. The molecule has 0 aliphatic rings. The van der Waals surface area contributed by atoms with Crippen molar-refractivity contribution in [3.63, 3.8) is 0 Å². The highest BCUT2D eigenvalue weighted by molar-refractivity contribution is 5.97. The summed E-state index contributed by atoms with van der Waals surface area (Å²) in [6, 6.07) is 5.02. The van der Waals surface area contributed by atoms with E-state index in [2.05, 4.69) is 45.9 Å². The van der Waals surface area contributed by atoms with Gasteiger partial charge in [0.2, 0.25) is 17.7 Å². The van der Waals surface area contributed by atoms with Gasteiger partial charge in [-0.2, -0.15) is 9.97 Å². The molecule has 2 aromatic heterocycles. The van der Waals surface area contributed by atoms with Crippen LogP contribution in [0.1, 0.15) is 28.9 Å². The van der Waals surface area contributed by atoms with Gasteiger partial charge in [0.15, 0.2) is 11.2 Å². The Bertz CT molecular complexity index is 1400. The van der Waals surface area contributed by atoms with E-state index in [4.69, 9.17) is 16.0 Å². The first kappa shape index (κ1) is 29.3. The SMILES string of the molecule is [N-]=[N+]=NCCOCCNC(=O)CC[C@H](NC(=O)c1ccc(NCc2cnc3nc(N)nc(O)c3n2)cc1)C(=O)O. The number of rotatable bonds is 15. The molecule has 210 valence electrons. The maximum absolute atomic E-state index is 12.6. The van der Waals surface area contributed by atoms with Gasteiger partial charge >= 0.3 is 5.97 Å². The van der Waals surface area contributed by atoms with Crippen molar-refractivity contribution in [2.75, 3.05) is 37.4 Å². The van der Waals surface area contributed by atoms with E-state index in [1.54, 1.807) is 12.1 Å². The van der Waals surface area contributed by atoms with Crippen molar-refractivity contribution >= 4 is 40.6 Å². The van der Waals surface area contributed by atoms with Crippen LogP contribution in [0.25, 0.3) is 21.6 Å². The molecule has 0 saturated heterocycles. The highest BCUT2D eigenvalue weighted by Gasteiger charge is 2.21. The Kier molecular flexibility index (Phi) is 10.7. The van der Waals surface area contributed by atoms with Crippen molar-refractivity contribution in [2.24, 2.45) is 5.11 Å². The lowest BCUT2D eigenvalue weighted by atomic mass is 10.1. The molecule has 3 rings (SSSR count). The maximum atomic E-state index is 12.6. The Morgan fingerprint density at radius 1 is 1.15 bits per heavy atom. The fourth-order valence-corrected chi connectivity index (χ4v) is 3.34. The average molecular weight is 554 g/mol. The van der Waals surface area contributed by atoms with Crippen LogP contribution in [0.2, 0.25) is 0 Å². The van der Waals surface area contributed by atoms with Gasteiger partial charge in [0.05, 0.1) is 31.6 Å². The molecular formula is C23H27N11O6. The van der Waals surface area contributed by atoms with Crippen molar-refractivity contribution in [3.05, 3.63) is 52.2 Å². The first-order valence-electron chi connectivity index (χ1n) is 12.0. The third-order valence-corrected chi connectivity index (χ3v) is 5.31. The van der Waals surface area contributed by atoms with Gasteiger partial charge in [-0.25, -0.2) is 14.8 Å². The van der Waals surface area contributed by atoms with E-state index in [-0.39, 0.29) is 74.2 Å². The number of ether oxygens (including phenoxy) is 1. The maximum Gasteiger partial charge on any atom is 0.326 e. The molecule has 17 heteroatoms. The minimum absolute atomic E-state index is 0.107. The zero-order chi connectivity index (χ0) is 28.9. The van der Waals surface area contributed by atoms with Crippen molar-refractivity contribution in [1.29, 1.82) is 0 Å². The number of anilines is 2. The van der Waals surface area contributed by atoms with Crippen molar-refractivity contribution in [3.8, 4) is 5.88 Å². The molecule has 0 unspecified atom stereocenters. The number of azide groups is 1. The molecule has 0 fully saturated rings. The Morgan fingerprint density at radius 2 is 1.93 bits per heavy atom. The van der Waals surface area contributed by atoms with E-state index in [1.165, 1.54) is 18.3 Å². The number of carbonyl (C=O) groups is 3. The number of hydrogen-bond donors (Lipinski definition) is 6. The van der Waals surface area contributed by atoms with Gasteiger partial charge < -0.3 is 36.6 Å². The molecule has 1 aromatic carbocycles. The van der Waals surface area contributed by atoms with Crippen LogP contribution in [0, 0.1) is 0 Å². The van der Waals surface area contributed by atoms with Crippen LogP contribution in [0.4, 0.5) is 11.6 Å². The van der Waals surface area contributed by atoms with Crippen LogP contribution in [0.15, 0.2) is 35.6 Å². The molecule has 2 amide bonds. The number of aromatic hydroxyl groups is 1. The molecule has 0 saturated carbocycles. The van der Waals surface area contributed by atoms with Gasteiger partial charge in [0, 0.05) is 35.7 Å². The number of aliphatic carboxylic acids is 1. The van der Waals surface area contributed by atoms with Gasteiger partial charge in [0.1, 0.15) is 6.04 Å². The quantitative estimate of drug-likeness (QED) is 0.0658. The molecule has 1 atom stereocenters. The number of carbonyl (C=O) groups excluding carboxylic acids is 2. The Labute approximate surface area is 226 Å². The number of fused-ring (bicyclic) bond motifs is 1. The van der Waals surface area contributed by atoms with Crippen LogP contribution in [0.3, 0.4) is 0 Å². The Hall–Kier alpha value is -5.28. The molecule has 0 radical (unpaired) electrons. The van der Waals surface area contributed by atoms with E-state index >= 15 is 0 Å². The van der Waals surface area contributed by atoms with Gasteiger partial charge in [-0.3, -0.25) is 9.59 Å².